The first kappa shape index (κ1) is 9.62. The van der Waals surface area contributed by atoms with E-state index in [0.29, 0.717) is 0 Å². The maximum atomic E-state index is 10.4. The van der Waals surface area contributed by atoms with Gasteiger partial charge in [0.2, 0.25) is 0 Å². The molecule has 1 heterocycles. The van der Waals surface area contributed by atoms with Gasteiger partial charge in [-0.25, -0.2) is 0 Å². The lowest BCUT2D eigenvalue weighted by Crippen LogP contribution is -2.25. The number of aliphatic hydroxyl groups excluding tert-OH is 1. The molecule has 1 rings (SSSR count). The van der Waals surface area contributed by atoms with E-state index in [4.69, 9.17) is 5.73 Å². The monoisotopic (exact) mass is 186 g/mol. The number of nitrogens with two attached hydrogens (primary N) is 1. The molecule has 13 heavy (non-hydrogen) atoms. The Kier molecular flexibility index (Phi) is 2.59. The molecular formula is C6H10N4O3. The number of H-pyrrole nitrogens is 1. The number of nitrogens with one attached hydrogen (secondary N) is 1. The van der Waals surface area contributed by atoms with Gasteiger partial charge in [0.05, 0.1) is 4.92 Å². The molecule has 2 atom stereocenters. The van der Waals surface area contributed by atoms with Gasteiger partial charge in [-0.3, -0.25) is 15.2 Å². The minimum atomic E-state index is -1.09. The summed E-state index contributed by atoms with van der Waals surface area (Å²) < 4.78 is 0. The number of aromatic amines is 1. The Morgan fingerprint density at radius 2 is 2.46 bits per heavy atom. The molecule has 0 spiro atoms. The summed E-state index contributed by atoms with van der Waals surface area (Å²) in [7, 11) is 0. The van der Waals surface area contributed by atoms with E-state index in [1.54, 1.807) is 6.92 Å². The SMILES string of the molecule is C[C@H](N)C(O)c1[nH]ncc1[N+](=O)[O-]. The van der Waals surface area contributed by atoms with Crippen LogP contribution in [0.15, 0.2) is 6.20 Å². The zero-order valence-electron chi connectivity index (χ0n) is 6.97. The van der Waals surface area contributed by atoms with Gasteiger partial charge in [-0.1, -0.05) is 0 Å². The Hall–Kier alpha value is -1.47. The van der Waals surface area contributed by atoms with Crippen molar-refractivity contribution >= 4 is 5.69 Å². The highest BCUT2D eigenvalue weighted by molar-refractivity contribution is 5.34. The van der Waals surface area contributed by atoms with Crippen LogP contribution in [0.1, 0.15) is 18.7 Å². The van der Waals surface area contributed by atoms with Crippen LogP contribution in [-0.4, -0.2) is 26.3 Å². The molecule has 7 nitrogen and oxygen atoms in total. The molecule has 0 saturated carbocycles. The van der Waals surface area contributed by atoms with Gasteiger partial charge in [-0.15, -0.1) is 0 Å². The van der Waals surface area contributed by atoms with Gasteiger partial charge in [0.1, 0.15) is 18.0 Å². The molecule has 1 unspecified atom stereocenters. The van der Waals surface area contributed by atoms with Crippen LogP contribution in [0.2, 0.25) is 0 Å². The first-order chi connectivity index (χ1) is 6.04. The minimum Gasteiger partial charge on any atom is -0.385 e. The number of aliphatic hydroxyl groups is 1. The molecular weight excluding hydrogens is 176 g/mol. The van der Waals surface area contributed by atoms with Crippen molar-refractivity contribution in [2.45, 2.75) is 19.1 Å². The second kappa shape index (κ2) is 3.50. The van der Waals surface area contributed by atoms with Crippen LogP contribution in [0.5, 0.6) is 0 Å². The van der Waals surface area contributed by atoms with Crippen LogP contribution >= 0.6 is 0 Å². The van der Waals surface area contributed by atoms with Crippen molar-refractivity contribution in [1.29, 1.82) is 0 Å². The van der Waals surface area contributed by atoms with Crippen molar-refractivity contribution in [3.05, 3.63) is 22.0 Å². The lowest BCUT2D eigenvalue weighted by atomic mass is 10.1. The summed E-state index contributed by atoms with van der Waals surface area (Å²) in [6, 6.07) is -0.584. The summed E-state index contributed by atoms with van der Waals surface area (Å²) >= 11 is 0. The minimum absolute atomic E-state index is 0.0417. The van der Waals surface area contributed by atoms with Gasteiger partial charge in [0.25, 0.3) is 0 Å². The number of hydrogen-bond donors (Lipinski definition) is 3. The molecule has 0 aliphatic heterocycles. The fourth-order valence-electron chi connectivity index (χ4n) is 0.916. The smallest absolute Gasteiger partial charge is 0.312 e. The first-order valence-corrected chi connectivity index (χ1v) is 3.65. The fraction of sp³-hybridized carbons (Fsp3) is 0.500. The predicted octanol–water partition coefficient (Wildman–Crippen LogP) is -0.302. The highest BCUT2D eigenvalue weighted by Crippen LogP contribution is 2.23. The highest BCUT2D eigenvalue weighted by Gasteiger charge is 2.25. The fourth-order valence-corrected chi connectivity index (χ4v) is 0.916. The van der Waals surface area contributed by atoms with E-state index in [-0.39, 0.29) is 11.4 Å². The van der Waals surface area contributed by atoms with Crippen LogP contribution in [-0.2, 0) is 0 Å². The summed E-state index contributed by atoms with van der Waals surface area (Å²) in [4.78, 5) is 9.78. The van der Waals surface area contributed by atoms with Crippen molar-refractivity contribution in [2.75, 3.05) is 0 Å². The second-order valence-corrected chi connectivity index (χ2v) is 2.73. The molecule has 0 aromatic carbocycles. The summed E-state index contributed by atoms with van der Waals surface area (Å²) in [6.07, 6.45) is -0.0519. The normalized spacial score (nSPS) is 15.3. The molecule has 1 aromatic rings. The summed E-state index contributed by atoms with van der Waals surface area (Å²) in [6.45, 7) is 1.55. The number of nitro groups is 1. The van der Waals surface area contributed by atoms with Crippen LogP contribution in [0.25, 0.3) is 0 Å². The van der Waals surface area contributed by atoms with Crippen molar-refractivity contribution in [1.82, 2.24) is 10.2 Å². The van der Waals surface area contributed by atoms with E-state index in [9.17, 15) is 15.2 Å². The Morgan fingerprint density at radius 1 is 1.85 bits per heavy atom. The quantitative estimate of drug-likeness (QED) is 0.442. The average molecular weight is 186 g/mol. The van der Waals surface area contributed by atoms with Gasteiger partial charge in [0.15, 0.2) is 0 Å². The highest BCUT2D eigenvalue weighted by atomic mass is 16.6. The zero-order valence-corrected chi connectivity index (χ0v) is 6.97. The van der Waals surface area contributed by atoms with Gasteiger partial charge in [-0.05, 0) is 6.92 Å². The van der Waals surface area contributed by atoms with E-state index in [1.807, 2.05) is 0 Å². The molecule has 0 saturated heterocycles. The molecule has 0 amide bonds. The molecule has 0 aliphatic carbocycles. The van der Waals surface area contributed by atoms with Crippen LogP contribution in [0.3, 0.4) is 0 Å². The van der Waals surface area contributed by atoms with Gasteiger partial charge in [-0.2, -0.15) is 5.10 Å². The molecule has 0 aliphatic rings. The molecule has 1 aromatic heterocycles. The largest absolute Gasteiger partial charge is 0.385 e. The van der Waals surface area contributed by atoms with Crippen molar-refractivity contribution in [3.8, 4) is 0 Å². The van der Waals surface area contributed by atoms with E-state index >= 15 is 0 Å². The molecule has 0 fully saturated rings. The second-order valence-electron chi connectivity index (χ2n) is 2.73. The third kappa shape index (κ3) is 1.82. The standard InChI is InChI=1S/C6H10N4O3/c1-3(7)6(11)5-4(10(12)13)2-8-9-5/h2-3,6,11H,7H2,1H3,(H,8,9)/t3-,6?/m0/s1. The van der Waals surface area contributed by atoms with Gasteiger partial charge < -0.3 is 10.8 Å². The molecule has 7 heteroatoms. The van der Waals surface area contributed by atoms with Gasteiger partial charge in [0, 0.05) is 6.04 Å². The predicted molar refractivity (Wildman–Crippen MR) is 43.9 cm³/mol. The van der Waals surface area contributed by atoms with E-state index < -0.39 is 17.1 Å². The molecule has 72 valence electrons. The third-order valence-electron chi connectivity index (χ3n) is 1.64. The van der Waals surface area contributed by atoms with Gasteiger partial charge >= 0.3 is 5.69 Å². The van der Waals surface area contributed by atoms with Crippen molar-refractivity contribution in [3.63, 3.8) is 0 Å². The number of rotatable bonds is 3. The molecule has 0 radical (unpaired) electrons. The summed E-state index contributed by atoms with van der Waals surface area (Å²) in [5.74, 6) is 0. The van der Waals surface area contributed by atoms with E-state index in [2.05, 4.69) is 10.2 Å². The lowest BCUT2D eigenvalue weighted by molar-refractivity contribution is -0.386. The Morgan fingerprint density at radius 3 is 2.92 bits per heavy atom. The zero-order chi connectivity index (χ0) is 10.0. The number of nitrogens with zero attached hydrogens (tertiary/aromatic N) is 2. The topological polar surface area (TPSA) is 118 Å². The summed E-state index contributed by atoms with van der Waals surface area (Å²) in [5, 5.41) is 25.6. The Bertz CT molecular complexity index is 309. The first-order valence-electron chi connectivity index (χ1n) is 3.65. The van der Waals surface area contributed by atoms with E-state index in [0.717, 1.165) is 6.20 Å². The summed E-state index contributed by atoms with van der Waals surface area (Å²) in [5.41, 5.74) is 5.17. The lowest BCUT2D eigenvalue weighted by Gasteiger charge is -2.11. The van der Waals surface area contributed by atoms with E-state index in [1.165, 1.54) is 0 Å². The van der Waals surface area contributed by atoms with Crippen molar-refractivity contribution < 1.29 is 10.0 Å². The third-order valence-corrected chi connectivity index (χ3v) is 1.64. The maximum absolute atomic E-state index is 10.4. The van der Waals surface area contributed by atoms with Crippen LogP contribution < -0.4 is 5.73 Å². The Labute approximate surface area is 73.7 Å². The number of hydrogen-bond acceptors (Lipinski definition) is 5. The van der Waals surface area contributed by atoms with Crippen molar-refractivity contribution in [2.24, 2.45) is 5.73 Å². The van der Waals surface area contributed by atoms with Crippen LogP contribution in [0.4, 0.5) is 5.69 Å². The molecule has 4 N–H and O–H groups in total. The molecule has 0 bridgehead atoms. The maximum Gasteiger partial charge on any atom is 0.312 e. The average Bonchev–Trinajstić information content (AvgIpc) is 2.50. The number of aromatic nitrogens is 2. The Balaban J connectivity index is 3.00. The van der Waals surface area contributed by atoms with Crippen LogP contribution in [0, 0.1) is 10.1 Å².